The van der Waals surface area contributed by atoms with Crippen molar-refractivity contribution in [2.75, 3.05) is 5.32 Å². The zero-order chi connectivity index (χ0) is 17.7. The van der Waals surface area contributed by atoms with Crippen molar-refractivity contribution in [3.05, 3.63) is 63.7 Å². The number of benzene rings is 2. The van der Waals surface area contributed by atoms with E-state index in [0.717, 1.165) is 5.56 Å². The number of anilines is 1. The van der Waals surface area contributed by atoms with Crippen molar-refractivity contribution in [3.63, 3.8) is 0 Å². The van der Waals surface area contributed by atoms with Crippen LogP contribution in [0.15, 0.2) is 42.5 Å². The summed E-state index contributed by atoms with van der Waals surface area (Å²) in [4.78, 5) is 23.0. The Labute approximate surface area is 140 Å². The van der Waals surface area contributed by atoms with Gasteiger partial charge in [-0.2, -0.15) is 0 Å². The van der Waals surface area contributed by atoms with Crippen molar-refractivity contribution in [2.45, 2.75) is 33.3 Å². The van der Waals surface area contributed by atoms with Crippen LogP contribution >= 0.6 is 0 Å². The Morgan fingerprint density at radius 3 is 2.54 bits per heavy atom. The zero-order valence-corrected chi connectivity index (χ0v) is 13.9. The van der Waals surface area contributed by atoms with E-state index in [2.05, 4.69) is 5.32 Å². The zero-order valence-electron chi connectivity index (χ0n) is 13.9. The van der Waals surface area contributed by atoms with Crippen molar-refractivity contribution in [1.82, 2.24) is 0 Å². The van der Waals surface area contributed by atoms with Gasteiger partial charge in [0.15, 0.2) is 6.10 Å². The molecule has 0 radical (unpaired) electrons. The topological polar surface area (TPSA) is 81.5 Å². The van der Waals surface area contributed by atoms with Gasteiger partial charge in [-0.1, -0.05) is 31.2 Å². The van der Waals surface area contributed by atoms with Gasteiger partial charge in [-0.3, -0.25) is 14.9 Å². The number of nitro benzene ring substituents is 1. The fourth-order valence-electron chi connectivity index (χ4n) is 2.33. The summed E-state index contributed by atoms with van der Waals surface area (Å²) in [6.45, 7) is 5.37. The number of carbonyl (C=O) groups is 1. The molecule has 0 aliphatic carbocycles. The van der Waals surface area contributed by atoms with Gasteiger partial charge in [0, 0.05) is 6.07 Å². The molecule has 0 bridgehead atoms. The van der Waals surface area contributed by atoms with E-state index < -0.39 is 11.0 Å². The van der Waals surface area contributed by atoms with Gasteiger partial charge in [0.1, 0.15) is 5.75 Å². The first-order valence-corrected chi connectivity index (χ1v) is 7.71. The number of aryl methyl sites for hydroxylation is 1. The molecular weight excluding hydrogens is 308 g/mol. The third-order valence-corrected chi connectivity index (χ3v) is 3.79. The first-order valence-electron chi connectivity index (χ1n) is 7.71. The van der Waals surface area contributed by atoms with Gasteiger partial charge in [-0.15, -0.1) is 0 Å². The molecule has 0 fully saturated rings. The summed E-state index contributed by atoms with van der Waals surface area (Å²) < 4.78 is 5.80. The van der Waals surface area contributed by atoms with Gasteiger partial charge < -0.3 is 10.1 Å². The summed E-state index contributed by atoms with van der Waals surface area (Å²) in [5.41, 5.74) is 1.75. The largest absolute Gasteiger partial charge is 0.480 e. The molecule has 0 spiro atoms. The fourth-order valence-corrected chi connectivity index (χ4v) is 2.33. The maximum Gasteiger partial charge on any atom is 0.274 e. The fraction of sp³-hybridized carbons (Fsp3) is 0.278. The van der Waals surface area contributed by atoms with Crippen molar-refractivity contribution in [2.24, 2.45) is 0 Å². The second kappa shape index (κ2) is 7.59. The van der Waals surface area contributed by atoms with Crippen LogP contribution in [-0.2, 0) is 4.79 Å². The minimum absolute atomic E-state index is 0.0272. The third-order valence-electron chi connectivity index (χ3n) is 3.79. The van der Waals surface area contributed by atoms with E-state index in [9.17, 15) is 14.9 Å². The number of hydrogen-bond acceptors (Lipinski definition) is 4. The van der Waals surface area contributed by atoms with Crippen LogP contribution in [0.25, 0.3) is 0 Å². The molecule has 2 rings (SSSR count). The number of carbonyl (C=O) groups excluding carboxylic acids is 1. The molecule has 1 amide bonds. The van der Waals surface area contributed by atoms with Crippen molar-refractivity contribution in [1.29, 1.82) is 0 Å². The Balaban J connectivity index is 2.17. The lowest BCUT2D eigenvalue weighted by Crippen LogP contribution is -2.32. The van der Waals surface area contributed by atoms with Crippen LogP contribution in [0.3, 0.4) is 0 Å². The number of nitrogens with one attached hydrogen (secondary N) is 1. The smallest absolute Gasteiger partial charge is 0.274 e. The molecule has 2 aromatic rings. The Morgan fingerprint density at radius 2 is 1.92 bits per heavy atom. The van der Waals surface area contributed by atoms with E-state index in [-0.39, 0.29) is 11.6 Å². The number of nitrogens with zero attached hydrogens (tertiary/aromatic N) is 1. The van der Waals surface area contributed by atoms with Crippen LogP contribution in [0.5, 0.6) is 5.75 Å². The Hall–Kier alpha value is -2.89. The van der Waals surface area contributed by atoms with E-state index in [1.165, 1.54) is 6.07 Å². The number of para-hydroxylation sites is 1. The molecule has 6 nitrogen and oxygen atoms in total. The van der Waals surface area contributed by atoms with E-state index in [1.807, 2.05) is 38.1 Å². The predicted molar refractivity (Wildman–Crippen MR) is 92.3 cm³/mol. The van der Waals surface area contributed by atoms with Crippen molar-refractivity contribution < 1.29 is 14.5 Å². The molecule has 24 heavy (non-hydrogen) atoms. The molecule has 126 valence electrons. The highest BCUT2D eigenvalue weighted by Crippen LogP contribution is 2.26. The minimum atomic E-state index is -0.676. The highest BCUT2D eigenvalue weighted by Gasteiger charge is 2.21. The average molecular weight is 328 g/mol. The molecule has 0 saturated heterocycles. The van der Waals surface area contributed by atoms with Crippen LogP contribution in [0.1, 0.15) is 24.5 Å². The molecule has 1 atom stereocenters. The first kappa shape index (κ1) is 17.5. The summed E-state index contributed by atoms with van der Waals surface area (Å²) in [7, 11) is 0. The van der Waals surface area contributed by atoms with Gasteiger partial charge in [0.05, 0.1) is 16.2 Å². The summed E-state index contributed by atoms with van der Waals surface area (Å²) in [6, 6.07) is 12.1. The summed E-state index contributed by atoms with van der Waals surface area (Å²) >= 11 is 0. The molecule has 1 N–H and O–H groups in total. The standard InChI is InChI=1S/C18H20N2O4/c1-4-16(24-17-11-6-5-8-12(17)2)18(21)19-14-9-7-10-15(13(14)3)20(22)23/h5-11,16H,4H2,1-3H3,(H,19,21). The Kier molecular flexibility index (Phi) is 5.52. The highest BCUT2D eigenvalue weighted by atomic mass is 16.6. The van der Waals surface area contributed by atoms with Gasteiger partial charge in [-0.25, -0.2) is 0 Å². The molecule has 6 heteroatoms. The molecule has 0 aliphatic heterocycles. The monoisotopic (exact) mass is 328 g/mol. The molecule has 0 heterocycles. The number of ether oxygens (including phenoxy) is 1. The lowest BCUT2D eigenvalue weighted by molar-refractivity contribution is -0.385. The average Bonchev–Trinajstić information content (AvgIpc) is 2.55. The lowest BCUT2D eigenvalue weighted by atomic mass is 10.1. The number of amides is 1. The van der Waals surface area contributed by atoms with E-state index in [4.69, 9.17) is 4.74 Å². The molecule has 0 saturated carbocycles. The summed E-state index contributed by atoms with van der Waals surface area (Å²) in [5.74, 6) is 0.319. The molecule has 0 aliphatic rings. The molecule has 0 aromatic heterocycles. The second-order valence-corrected chi connectivity index (χ2v) is 5.48. The van der Waals surface area contributed by atoms with Crippen molar-refractivity contribution >= 4 is 17.3 Å². The minimum Gasteiger partial charge on any atom is -0.480 e. The van der Waals surface area contributed by atoms with Crippen LogP contribution in [-0.4, -0.2) is 16.9 Å². The predicted octanol–water partition coefficient (Wildman–Crippen LogP) is 4.01. The number of rotatable bonds is 6. The Bertz CT molecular complexity index is 758. The van der Waals surface area contributed by atoms with Crippen LogP contribution in [0.2, 0.25) is 0 Å². The van der Waals surface area contributed by atoms with Crippen LogP contribution in [0, 0.1) is 24.0 Å². The van der Waals surface area contributed by atoms with Gasteiger partial charge in [0.2, 0.25) is 0 Å². The number of nitro groups is 1. The normalized spacial score (nSPS) is 11.6. The highest BCUT2D eigenvalue weighted by molar-refractivity contribution is 5.95. The maximum absolute atomic E-state index is 12.5. The number of hydrogen-bond donors (Lipinski definition) is 1. The van der Waals surface area contributed by atoms with E-state index in [1.54, 1.807) is 19.1 Å². The maximum atomic E-state index is 12.5. The summed E-state index contributed by atoms with van der Waals surface area (Å²) in [5, 5.41) is 13.7. The van der Waals surface area contributed by atoms with Crippen LogP contribution < -0.4 is 10.1 Å². The first-order chi connectivity index (χ1) is 11.4. The van der Waals surface area contributed by atoms with E-state index >= 15 is 0 Å². The molecule has 2 aromatic carbocycles. The summed E-state index contributed by atoms with van der Waals surface area (Å²) in [6.07, 6.45) is -0.196. The van der Waals surface area contributed by atoms with Gasteiger partial charge in [-0.05, 0) is 38.0 Å². The second-order valence-electron chi connectivity index (χ2n) is 5.48. The van der Waals surface area contributed by atoms with Crippen molar-refractivity contribution in [3.8, 4) is 5.75 Å². The van der Waals surface area contributed by atoms with Gasteiger partial charge in [0.25, 0.3) is 11.6 Å². The van der Waals surface area contributed by atoms with Crippen LogP contribution in [0.4, 0.5) is 11.4 Å². The van der Waals surface area contributed by atoms with Gasteiger partial charge >= 0.3 is 0 Å². The molecule has 1 unspecified atom stereocenters. The van der Waals surface area contributed by atoms with E-state index in [0.29, 0.717) is 23.4 Å². The SMILES string of the molecule is CCC(Oc1ccccc1C)C(=O)Nc1cccc([N+](=O)[O-])c1C. The Morgan fingerprint density at radius 1 is 1.21 bits per heavy atom. The quantitative estimate of drug-likeness (QED) is 0.641. The molecular formula is C18H20N2O4. The third kappa shape index (κ3) is 3.90. The lowest BCUT2D eigenvalue weighted by Gasteiger charge is -2.19.